The molecule has 1 saturated carbocycles. The molecule has 1 aliphatic rings. The largest absolute Gasteiger partial charge is 0.384 e. The van der Waals surface area contributed by atoms with E-state index in [0.717, 1.165) is 48.0 Å². The number of hydrogen-bond acceptors (Lipinski definition) is 3. The van der Waals surface area contributed by atoms with Crippen LogP contribution < -0.4 is 11.5 Å². The predicted octanol–water partition coefficient (Wildman–Crippen LogP) is 3.68. The molecule has 5 nitrogen and oxygen atoms in total. The third kappa shape index (κ3) is 4.62. The van der Waals surface area contributed by atoms with Gasteiger partial charge in [0.25, 0.3) is 0 Å². The average Bonchev–Trinajstić information content (AvgIpc) is 2.85. The molecule has 28 heavy (non-hydrogen) atoms. The van der Waals surface area contributed by atoms with Gasteiger partial charge in [-0.25, -0.2) is 0 Å². The average molecular weight is 373 g/mol. The molecule has 3 rings (SSSR count). The summed E-state index contributed by atoms with van der Waals surface area (Å²) in [5.74, 6) is -0.379. The number of rotatable bonds is 4. The molecule has 2 aromatic carbocycles. The summed E-state index contributed by atoms with van der Waals surface area (Å²) < 4.78 is 0. The van der Waals surface area contributed by atoms with Crippen LogP contribution in [-0.2, 0) is 4.79 Å². The zero-order chi connectivity index (χ0) is 20.1. The van der Waals surface area contributed by atoms with Crippen molar-refractivity contribution in [2.45, 2.75) is 25.7 Å². The van der Waals surface area contributed by atoms with Gasteiger partial charge in [-0.1, -0.05) is 36.4 Å². The quantitative estimate of drug-likeness (QED) is 0.329. The van der Waals surface area contributed by atoms with Crippen LogP contribution in [0.15, 0.2) is 59.7 Å². The third-order valence-electron chi connectivity index (χ3n) is 4.82. The molecule has 5 heteroatoms. The van der Waals surface area contributed by atoms with E-state index >= 15 is 0 Å². The number of amidine groups is 1. The molecule has 0 atom stereocenters. The van der Waals surface area contributed by atoms with Gasteiger partial charge in [0.1, 0.15) is 5.84 Å². The zero-order valence-corrected chi connectivity index (χ0v) is 15.6. The number of amides is 1. The highest BCUT2D eigenvalue weighted by Crippen LogP contribution is 2.27. The van der Waals surface area contributed by atoms with Crippen LogP contribution in [0.25, 0.3) is 12.2 Å². The number of allylic oxidation sites excluding steroid dienone is 2. The van der Waals surface area contributed by atoms with Gasteiger partial charge in [-0.15, -0.1) is 0 Å². The Hall–Kier alpha value is -3.47. The standard InChI is InChI=1S/C23H23N3O2/c24-22(25)17-9-5-15(6-10-17)13-19-3-1-2-4-20(21(19)27)14-16-7-11-18(12-8-16)23(26)28/h5-14H,1-4H2,(H3,24,25)(H2,26,28). The molecular formula is C23H23N3O2. The van der Waals surface area contributed by atoms with Crippen molar-refractivity contribution in [2.24, 2.45) is 11.5 Å². The first-order valence-corrected chi connectivity index (χ1v) is 9.24. The van der Waals surface area contributed by atoms with Crippen molar-refractivity contribution in [1.82, 2.24) is 0 Å². The Labute approximate surface area is 164 Å². The van der Waals surface area contributed by atoms with Crippen LogP contribution >= 0.6 is 0 Å². The number of ketones is 1. The Bertz CT molecular complexity index is 888. The summed E-state index contributed by atoms with van der Waals surface area (Å²) in [5.41, 5.74) is 15.2. The number of primary amides is 1. The van der Waals surface area contributed by atoms with Crippen molar-refractivity contribution in [2.75, 3.05) is 0 Å². The second-order valence-electron chi connectivity index (χ2n) is 6.90. The number of benzene rings is 2. The van der Waals surface area contributed by atoms with Gasteiger partial charge in [0.2, 0.25) is 5.91 Å². The molecule has 2 aromatic rings. The molecule has 142 valence electrons. The van der Waals surface area contributed by atoms with Crippen LogP contribution in [-0.4, -0.2) is 17.5 Å². The lowest BCUT2D eigenvalue weighted by molar-refractivity contribution is -0.112. The normalized spacial score (nSPS) is 17.5. The SMILES string of the molecule is N=C(N)c1ccc(C=C2CCCCC(=Cc3ccc(C(N)=O)cc3)C2=O)cc1. The molecule has 0 heterocycles. The van der Waals surface area contributed by atoms with Crippen LogP contribution in [0.5, 0.6) is 0 Å². The summed E-state index contributed by atoms with van der Waals surface area (Å²) >= 11 is 0. The number of Topliss-reactive ketones (excluding diaryl/α,β-unsaturated/α-hetero) is 1. The van der Waals surface area contributed by atoms with Gasteiger partial charge in [0.05, 0.1) is 0 Å². The maximum absolute atomic E-state index is 13.0. The highest BCUT2D eigenvalue weighted by Gasteiger charge is 2.19. The van der Waals surface area contributed by atoms with E-state index in [-0.39, 0.29) is 11.6 Å². The molecule has 0 aliphatic heterocycles. The molecule has 0 spiro atoms. The first kappa shape index (κ1) is 19.3. The van der Waals surface area contributed by atoms with Crippen LogP contribution in [0.4, 0.5) is 0 Å². The van der Waals surface area contributed by atoms with Gasteiger partial charge in [0, 0.05) is 22.3 Å². The minimum Gasteiger partial charge on any atom is -0.384 e. The second-order valence-corrected chi connectivity index (χ2v) is 6.90. The summed E-state index contributed by atoms with van der Waals surface area (Å²) in [6.07, 6.45) is 7.20. The Morgan fingerprint density at radius 1 is 0.786 bits per heavy atom. The van der Waals surface area contributed by atoms with Crippen LogP contribution in [0.3, 0.4) is 0 Å². The summed E-state index contributed by atoms with van der Waals surface area (Å²) in [5, 5.41) is 7.46. The molecule has 1 fully saturated rings. The fourth-order valence-corrected chi connectivity index (χ4v) is 3.24. The number of nitrogen functional groups attached to an aromatic ring is 1. The van der Waals surface area contributed by atoms with E-state index < -0.39 is 5.91 Å². The maximum Gasteiger partial charge on any atom is 0.248 e. The summed E-state index contributed by atoms with van der Waals surface area (Å²) in [7, 11) is 0. The van der Waals surface area contributed by atoms with E-state index in [1.54, 1.807) is 36.4 Å². The third-order valence-corrected chi connectivity index (χ3v) is 4.82. The highest BCUT2D eigenvalue weighted by atomic mass is 16.1. The highest BCUT2D eigenvalue weighted by molar-refractivity contribution is 6.13. The minimum atomic E-state index is -0.467. The molecule has 0 saturated heterocycles. The molecule has 0 radical (unpaired) electrons. The molecule has 0 bridgehead atoms. The summed E-state index contributed by atoms with van der Waals surface area (Å²) in [6, 6.07) is 14.2. The van der Waals surface area contributed by atoms with E-state index in [0.29, 0.717) is 11.1 Å². The van der Waals surface area contributed by atoms with Crippen LogP contribution in [0.1, 0.15) is 52.7 Å². The minimum absolute atomic E-state index is 0.0253. The van der Waals surface area contributed by atoms with Crippen molar-refractivity contribution in [3.05, 3.63) is 81.9 Å². The van der Waals surface area contributed by atoms with Gasteiger partial charge in [0.15, 0.2) is 5.78 Å². The van der Waals surface area contributed by atoms with Gasteiger partial charge in [-0.05, 0) is 61.1 Å². The van der Waals surface area contributed by atoms with E-state index in [1.807, 2.05) is 24.3 Å². The monoisotopic (exact) mass is 373 g/mol. The van der Waals surface area contributed by atoms with Gasteiger partial charge >= 0.3 is 0 Å². The van der Waals surface area contributed by atoms with E-state index in [9.17, 15) is 9.59 Å². The summed E-state index contributed by atoms with van der Waals surface area (Å²) in [6.45, 7) is 0. The van der Waals surface area contributed by atoms with E-state index in [1.165, 1.54) is 0 Å². The van der Waals surface area contributed by atoms with Gasteiger partial charge < -0.3 is 11.5 Å². The fourth-order valence-electron chi connectivity index (χ4n) is 3.24. The summed E-state index contributed by atoms with van der Waals surface area (Å²) in [4.78, 5) is 24.2. The van der Waals surface area contributed by atoms with Crippen molar-refractivity contribution >= 4 is 29.7 Å². The molecular weight excluding hydrogens is 350 g/mol. The van der Waals surface area contributed by atoms with E-state index in [2.05, 4.69) is 0 Å². The van der Waals surface area contributed by atoms with E-state index in [4.69, 9.17) is 16.9 Å². The second kappa shape index (κ2) is 8.48. The number of carbonyl (C=O) groups excluding carboxylic acids is 2. The Kier molecular flexibility index (Phi) is 5.84. The zero-order valence-electron chi connectivity index (χ0n) is 15.6. The Morgan fingerprint density at radius 2 is 1.21 bits per heavy atom. The Morgan fingerprint density at radius 3 is 1.61 bits per heavy atom. The predicted molar refractivity (Wildman–Crippen MR) is 112 cm³/mol. The topological polar surface area (TPSA) is 110 Å². The van der Waals surface area contributed by atoms with Crippen LogP contribution in [0, 0.1) is 5.41 Å². The van der Waals surface area contributed by atoms with Crippen molar-refractivity contribution < 1.29 is 9.59 Å². The number of carbonyl (C=O) groups is 2. The lowest BCUT2D eigenvalue weighted by Gasteiger charge is -2.06. The van der Waals surface area contributed by atoms with Crippen molar-refractivity contribution in [3.8, 4) is 0 Å². The lowest BCUT2D eigenvalue weighted by atomic mass is 9.97. The smallest absolute Gasteiger partial charge is 0.248 e. The van der Waals surface area contributed by atoms with Gasteiger partial charge in [-0.2, -0.15) is 0 Å². The molecule has 5 N–H and O–H groups in total. The lowest BCUT2D eigenvalue weighted by Crippen LogP contribution is -2.10. The van der Waals surface area contributed by atoms with Crippen LogP contribution in [0.2, 0.25) is 0 Å². The number of nitrogens with two attached hydrogens (primary N) is 2. The number of hydrogen-bond donors (Lipinski definition) is 3. The molecule has 0 aromatic heterocycles. The molecule has 1 aliphatic carbocycles. The Balaban J connectivity index is 1.86. The molecule has 1 amide bonds. The van der Waals surface area contributed by atoms with Crippen molar-refractivity contribution in [3.63, 3.8) is 0 Å². The maximum atomic E-state index is 13.0. The molecule has 0 unspecified atom stereocenters. The first-order chi connectivity index (χ1) is 13.4. The van der Waals surface area contributed by atoms with Crippen molar-refractivity contribution in [1.29, 1.82) is 5.41 Å². The van der Waals surface area contributed by atoms with Gasteiger partial charge in [-0.3, -0.25) is 15.0 Å². The fraction of sp³-hybridized carbons (Fsp3) is 0.174. The number of nitrogens with one attached hydrogen (secondary N) is 1. The first-order valence-electron chi connectivity index (χ1n) is 9.24.